The molecule has 0 aliphatic carbocycles. The Morgan fingerprint density at radius 2 is 1.82 bits per heavy atom. The van der Waals surface area contributed by atoms with Gasteiger partial charge < -0.3 is 0 Å². The first-order chi connectivity index (χ1) is 5.31. The van der Waals surface area contributed by atoms with E-state index in [4.69, 9.17) is 0 Å². The molecular weight excluding hydrogens is 132 g/mol. The van der Waals surface area contributed by atoms with Gasteiger partial charge in [0.1, 0.15) is 0 Å². The van der Waals surface area contributed by atoms with Crippen molar-refractivity contribution >= 4 is 0 Å². The Hall–Kier alpha value is -0.520. The first-order valence-electron chi connectivity index (χ1n) is 4.58. The standard InChI is InChI=1S/C11H20/c1-4-6-7-8-9-10-11(3)5-2/h5,7-8H,4,6,9-10H2,1-3H3/b8-7+,11-5-. The van der Waals surface area contributed by atoms with E-state index in [1.54, 1.807) is 0 Å². The molecule has 0 saturated heterocycles. The zero-order chi connectivity index (χ0) is 8.53. The molecule has 64 valence electrons. The van der Waals surface area contributed by atoms with Gasteiger partial charge in [-0.1, -0.05) is 37.1 Å². The molecule has 0 fully saturated rings. The summed E-state index contributed by atoms with van der Waals surface area (Å²) < 4.78 is 0. The molecule has 0 heterocycles. The van der Waals surface area contributed by atoms with Gasteiger partial charge in [-0.05, 0) is 33.1 Å². The third-order valence-corrected chi connectivity index (χ3v) is 1.82. The Morgan fingerprint density at radius 1 is 1.18 bits per heavy atom. The lowest BCUT2D eigenvalue weighted by molar-refractivity contribution is 0.929. The maximum atomic E-state index is 2.29. The van der Waals surface area contributed by atoms with Crippen molar-refractivity contribution in [3.8, 4) is 0 Å². The zero-order valence-electron chi connectivity index (χ0n) is 8.06. The van der Waals surface area contributed by atoms with E-state index in [1.165, 1.54) is 31.3 Å². The summed E-state index contributed by atoms with van der Waals surface area (Å²) in [6, 6.07) is 0. The molecule has 0 aromatic heterocycles. The second kappa shape index (κ2) is 7.59. The molecule has 0 bridgehead atoms. The minimum Gasteiger partial charge on any atom is -0.0887 e. The molecule has 11 heavy (non-hydrogen) atoms. The van der Waals surface area contributed by atoms with Gasteiger partial charge in [-0.3, -0.25) is 0 Å². The topological polar surface area (TPSA) is 0 Å². The molecule has 0 nitrogen and oxygen atoms in total. The fourth-order valence-corrected chi connectivity index (χ4v) is 0.858. The summed E-state index contributed by atoms with van der Waals surface area (Å²) in [6.07, 6.45) is 11.7. The second-order valence-corrected chi connectivity index (χ2v) is 2.93. The summed E-state index contributed by atoms with van der Waals surface area (Å²) in [5, 5.41) is 0. The minimum absolute atomic E-state index is 1.20. The van der Waals surface area contributed by atoms with Gasteiger partial charge in [0.05, 0.1) is 0 Å². The van der Waals surface area contributed by atoms with Gasteiger partial charge in [-0.25, -0.2) is 0 Å². The number of hydrogen-bond donors (Lipinski definition) is 0. The Labute approximate surface area is 71.0 Å². The van der Waals surface area contributed by atoms with Crippen LogP contribution >= 0.6 is 0 Å². The van der Waals surface area contributed by atoms with Crippen molar-refractivity contribution in [1.29, 1.82) is 0 Å². The van der Waals surface area contributed by atoms with Crippen LogP contribution in [0.2, 0.25) is 0 Å². The van der Waals surface area contributed by atoms with Crippen LogP contribution in [0.25, 0.3) is 0 Å². The monoisotopic (exact) mass is 152 g/mol. The number of unbranched alkanes of at least 4 members (excludes halogenated alkanes) is 1. The highest BCUT2D eigenvalue weighted by molar-refractivity contribution is 4.97. The fourth-order valence-electron chi connectivity index (χ4n) is 0.858. The van der Waals surface area contributed by atoms with Crippen LogP contribution in [0.4, 0.5) is 0 Å². The zero-order valence-corrected chi connectivity index (χ0v) is 8.06. The molecular formula is C11H20. The molecule has 0 rings (SSSR count). The highest BCUT2D eigenvalue weighted by Crippen LogP contribution is 2.04. The Morgan fingerprint density at radius 3 is 2.36 bits per heavy atom. The molecule has 0 aromatic rings. The van der Waals surface area contributed by atoms with Crippen LogP contribution in [0, 0.1) is 0 Å². The highest BCUT2D eigenvalue weighted by atomic mass is 13.9. The second-order valence-electron chi connectivity index (χ2n) is 2.93. The molecule has 0 N–H and O–H groups in total. The van der Waals surface area contributed by atoms with Gasteiger partial charge >= 0.3 is 0 Å². The van der Waals surface area contributed by atoms with Gasteiger partial charge in [-0.15, -0.1) is 0 Å². The predicted molar refractivity (Wildman–Crippen MR) is 52.7 cm³/mol. The third kappa shape index (κ3) is 7.38. The van der Waals surface area contributed by atoms with Gasteiger partial charge in [0, 0.05) is 0 Å². The van der Waals surface area contributed by atoms with Crippen molar-refractivity contribution in [2.75, 3.05) is 0 Å². The minimum atomic E-state index is 1.20. The van der Waals surface area contributed by atoms with Gasteiger partial charge in [-0.2, -0.15) is 0 Å². The van der Waals surface area contributed by atoms with Crippen molar-refractivity contribution in [2.24, 2.45) is 0 Å². The van der Waals surface area contributed by atoms with Gasteiger partial charge in [0.25, 0.3) is 0 Å². The fraction of sp³-hybridized carbons (Fsp3) is 0.636. The largest absolute Gasteiger partial charge is 0.0887 e. The lowest BCUT2D eigenvalue weighted by atomic mass is 10.1. The van der Waals surface area contributed by atoms with Gasteiger partial charge in [0.15, 0.2) is 0 Å². The molecule has 0 saturated carbocycles. The molecule has 0 aromatic carbocycles. The molecule has 0 amide bonds. The Bertz CT molecular complexity index is 129. The van der Waals surface area contributed by atoms with Crippen LogP contribution in [0.3, 0.4) is 0 Å². The summed E-state index contributed by atoms with van der Waals surface area (Å²) in [5.74, 6) is 0. The smallest absolute Gasteiger partial charge is 0.0288 e. The molecule has 0 unspecified atom stereocenters. The van der Waals surface area contributed by atoms with Crippen LogP contribution in [-0.2, 0) is 0 Å². The van der Waals surface area contributed by atoms with Crippen LogP contribution in [0.5, 0.6) is 0 Å². The Balaban J connectivity index is 3.26. The van der Waals surface area contributed by atoms with Crippen LogP contribution in [0.15, 0.2) is 23.8 Å². The quantitative estimate of drug-likeness (QED) is 0.520. The van der Waals surface area contributed by atoms with Crippen LogP contribution < -0.4 is 0 Å². The maximum Gasteiger partial charge on any atom is -0.0288 e. The molecule has 0 heteroatoms. The normalized spacial score (nSPS) is 12.8. The van der Waals surface area contributed by atoms with Crippen molar-refractivity contribution in [3.63, 3.8) is 0 Å². The van der Waals surface area contributed by atoms with Crippen molar-refractivity contribution in [2.45, 2.75) is 46.5 Å². The van der Waals surface area contributed by atoms with E-state index in [-0.39, 0.29) is 0 Å². The average molecular weight is 152 g/mol. The summed E-state index contributed by atoms with van der Waals surface area (Å²) in [4.78, 5) is 0. The lowest BCUT2D eigenvalue weighted by Gasteiger charge is -1.94. The summed E-state index contributed by atoms with van der Waals surface area (Å²) >= 11 is 0. The molecule has 0 spiro atoms. The molecule has 0 radical (unpaired) electrons. The number of rotatable bonds is 5. The summed E-state index contributed by atoms with van der Waals surface area (Å²) in [5.41, 5.74) is 1.49. The Kier molecular flexibility index (Phi) is 7.23. The van der Waals surface area contributed by atoms with Crippen molar-refractivity contribution in [3.05, 3.63) is 23.8 Å². The highest BCUT2D eigenvalue weighted by Gasteiger charge is 1.83. The van der Waals surface area contributed by atoms with Gasteiger partial charge in [0.2, 0.25) is 0 Å². The number of hydrogen-bond acceptors (Lipinski definition) is 0. The molecule has 0 aliphatic rings. The van der Waals surface area contributed by atoms with E-state index in [9.17, 15) is 0 Å². The third-order valence-electron chi connectivity index (χ3n) is 1.82. The molecule has 0 aliphatic heterocycles. The predicted octanol–water partition coefficient (Wildman–Crippen LogP) is 4.09. The van der Waals surface area contributed by atoms with Crippen LogP contribution in [0.1, 0.15) is 46.5 Å². The first kappa shape index (κ1) is 10.5. The van der Waals surface area contributed by atoms with Crippen molar-refractivity contribution < 1.29 is 0 Å². The maximum absolute atomic E-state index is 2.29. The van der Waals surface area contributed by atoms with E-state index in [2.05, 4.69) is 39.0 Å². The van der Waals surface area contributed by atoms with E-state index >= 15 is 0 Å². The van der Waals surface area contributed by atoms with E-state index in [1.807, 2.05) is 0 Å². The van der Waals surface area contributed by atoms with E-state index in [0.717, 1.165) is 0 Å². The molecule has 0 atom stereocenters. The SMILES string of the molecule is C/C=C(/C)CC/C=C/CCC. The average Bonchev–Trinajstić information content (AvgIpc) is 2.04. The lowest BCUT2D eigenvalue weighted by Crippen LogP contribution is -1.73. The van der Waals surface area contributed by atoms with Crippen molar-refractivity contribution in [1.82, 2.24) is 0 Å². The summed E-state index contributed by atoms with van der Waals surface area (Å²) in [6.45, 7) is 6.50. The van der Waals surface area contributed by atoms with E-state index in [0.29, 0.717) is 0 Å². The number of allylic oxidation sites excluding steroid dienone is 4. The first-order valence-corrected chi connectivity index (χ1v) is 4.58. The van der Waals surface area contributed by atoms with E-state index < -0.39 is 0 Å². The summed E-state index contributed by atoms with van der Waals surface area (Å²) in [7, 11) is 0. The van der Waals surface area contributed by atoms with Crippen LogP contribution in [-0.4, -0.2) is 0 Å².